The molecule has 3 heterocycles. The molecule has 0 aromatic carbocycles. The fraction of sp³-hybridized carbons (Fsp3) is 0.579. The maximum atomic E-state index is 12.7. The summed E-state index contributed by atoms with van der Waals surface area (Å²) < 4.78 is 10.5. The van der Waals surface area contributed by atoms with E-state index < -0.39 is 0 Å². The van der Waals surface area contributed by atoms with Crippen molar-refractivity contribution in [1.29, 1.82) is 0 Å². The lowest BCUT2D eigenvalue weighted by Crippen LogP contribution is -2.50. The molecule has 9 nitrogen and oxygen atoms in total. The van der Waals surface area contributed by atoms with Crippen LogP contribution in [0.2, 0.25) is 0 Å². The van der Waals surface area contributed by atoms with Crippen LogP contribution in [0.4, 0.5) is 4.79 Å². The lowest BCUT2D eigenvalue weighted by atomic mass is 10.1. The van der Waals surface area contributed by atoms with Gasteiger partial charge in [-0.2, -0.15) is 0 Å². The summed E-state index contributed by atoms with van der Waals surface area (Å²) in [6.07, 6.45) is 4.54. The minimum atomic E-state index is -0.360. The van der Waals surface area contributed by atoms with Gasteiger partial charge < -0.3 is 24.6 Å². The molecule has 2 aliphatic rings. The Balaban J connectivity index is 1.55. The van der Waals surface area contributed by atoms with Gasteiger partial charge in [-0.15, -0.1) is 0 Å². The van der Waals surface area contributed by atoms with Gasteiger partial charge in [0.15, 0.2) is 0 Å². The highest BCUT2D eigenvalue weighted by Crippen LogP contribution is 2.12. The third-order valence-electron chi connectivity index (χ3n) is 4.85. The van der Waals surface area contributed by atoms with E-state index >= 15 is 0 Å². The van der Waals surface area contributed by atoms with Crippen LogP contribution in [0.25, 0.3) is 0 Å². The Hall–Kier alpha value is -2.68. The van der Waals surface area contributed by atoms with E-state index in [2.05, 4.69) is 10.3 Å². The second-order valence-corrected chi connectivity index (χ2v) is 6.79. The summed E-state index contributed by atoms with van der Waals surface area (Å²) in [6.45, 7) is 4.92. The number of hydrogen-bond acceptors (Lipinski definition) is 6. The van der Waals surface area contributed by atoms with Crippen LogP contribution >= 0.6 is 0 Å². The summed E-state index contributed by atoms with van der Waals surface area (Å²) in [5.41, 5.74) is 0.698. The van der Waals surface area contributed by atoms with E-state index in [4.69, 9.17) is 9.47 Å². The van der Waals surface area contributed by atoms with E-state index in [9.17, 15) is 14.4 Å². The molecule has 28 heavy (non-hydrogen) atoms. The van der Waals surface area contributed by atoms with Crippen LogP contribution in [0, 0.1) is 0 Å². The molecule has 1 aromatic rings. The standard InChI is InChI=1S/C19H26N4O5/c1-2-27-19(26)23-7-5-22(6-8-23)18(25)15-10-14(11-20-12-15)17(24)21-13-16-4-3-9-28-16/h10-12,16H,2-9,13H2,1H3,(H,21,24). The third-order valence-corrected chi connectivity index (χ3v) is 4.85. The van der Waals surface area contributed by atoms with Gasteiger partial charge >= 0.3 is 6.09 Å². The molecular formula is C19H26N4O5. The van der Waals surface area contributed by atoms with Crippen molar-refractivity contribution in [2.75, 3.05) is 45.9 Å². The lowest BCUT2D eigenvalue weighted by Gasteiger charge is -2.34. The second kappa shape index (κ2) is 9.50. The Kier molecular flexibility index (Phi) is 6.80. The Labute approximate surface area is 164 Å². The van der Waals surface area contributed by atoms with Crippen LogP contribution in [0.3, 0.4) is 0 Å². The smallest absolute Gasteiger partial charge is 0.409 e. The second-order valence-electron chi connectivity index (χ2n) is 6.79. The summed E-state index contributed by atoms with van der Waals surface area (Å²) in [5.74, 6) is -0.477. The van der Waals surface area contributed by atoms with Gasteiger partial charge in [0, 0.05) is 51.7 Å². The van der Waals surface area contributed by atoms with Crippen molar-refractivity contribution in [1.82, 2.24) is 20.1 Å². The molecule has 2 saturated heterocycles. The van der Waals surface area contributed by atoms with Gasteiger partial charge in [-0.05, 0) is 25.8 Å². The number of nitrogens with one attached hydrogen (secondary N) is 1. The van der Waals surface area contributed by atoms with Crippen molar-refractivity contribution in [3.63, 3.8) is 0 Å². The Bertz CT molecular complexity index is 712. The van der Waals surface area contributed by atoms with Gasteiger partial charge in [0.1, 0.15) is 0 Å². The highest BCUT2D eigenvalue weighted by Gasteiger charge is 2.26. The average Bonchev–Trinajstić information content (AvgIpc) is 3.25. The van der Waals surface area contributed by atoms with Gasteiger partial charge in [-0.3, -0.25) is 14.6 Å². The first-order valence-corrected chi connectivity index (χ1v) is 9.64. The fourth-order valence-electron chi connectivity index (χ4n) is 3.28. The van der Waals surface area contributed by atoms with E-state index in [0.29, 0.717) is 50.5 Å². The van der Waals surface area contributed by atoms with Crippen LogP contribution in [-0.4, -0.2) is 84.7 Å². The maximum absolute atomic E-state index is 12.7. The first kappa shape index (κ1) is 20.1. The van der Waals surface area contributed by atoms with Crippen LogP contribution in [0.15, 0.2) is 18.5 Å². The number of ether oxygens (including phenoxy) is 2. The zero-order valence-electron chi connectivity index (χ0n) is 16.1. The van der Waals surface area contributed by atoms with Gasteiger partial charge in [0.25, 0.3) is 11.8 Å². The number of pyridine rings is 1. The summed E-state index contributed by atoms with van der Waals surface area (Å²) in [6, 6.07) is 1.55. The van der Waals surface area contributed by atoms with Crippen LogP contribution in [-0.2, 0) is 9.47 Å². The topological polar surface area (TPSA) is 101 Å². The summed E-state index contributed by atoms with van der Waals surface area (Å²) >= 11 is 0. The molecule has 0 saturated carbocycles. The molecule has 152 valence electrons. The fourth-order valence-corrected chi connectivity index (χ4v) is 3.28. The van der Waals surface area contributed by atoms with Crippen molar-refractivity contribution in [3.8, 4) is 0 Å². The Morgan fingerprint density at radius 3 is 2.57 bits per heavy atom. The minimum absolute atomic E-state index is 0.0532. The van der Waals surface area contributed by atoms with Crippen LogP contribution in [0.1, 0.15) is 40.5 Å². The molecule has 1 N–H and O–H groups in total. The summed E-state index contributed by atoms with van der Waals surface area (Å²) in [7, 11) is 0. The van der Waals surface area contributed by atoms with Crippen LogP contribution in [0.5, 0.6) is 0 Å². The summed E-state index contributed by atoms with van der Waals surface area (Å²) in [5, 5.41) is 2.83. The van der Waals surface area contributed by atoms with E-state index in [1.54, 1.807) is 22.8 Å². The molecule has 0 spiro atoms. The molecule has 1 atom stereocenters. The van der Waals surface area contributed by atoms with Gasteiger partial charge in [0.05, 0.1) is 23.8 Å². The first-order chi connectivity index (χ1) is 13.6. The molecule has 0 aliphatic carbocycles. The van der Waals surface area contributed by atoms with E-state index in [1.165, 1.54) is 12.4 Å². The number of hydrogen-bond donors (Lipinski definition) is 1. The number of rotatable bonds is 5. The van der Waals surface area contributed by atoms with Gasteiger partial charge in [-0.1, -0.05) is 0 Å². The van der Waals surface area contributed by atoms with Crippen molar-refractivity contribution >= 4 is 17.9 Å². The monoisotopic (exact) mass is 390 g/mol. The lowest BCUT2D eigenvalue weighted by molar-refractivity contribution is 0.0570. The molecule has 1 aromatic heterocycles. The molecule has 9 heteroatoms. The van der Waals surface area contributed by atoms with E-state index in [-0.39, 0.29) is 24.0 Å². The zero-order valence-corrected chi connectivity index (χ0v) is 16.1. The molecule has 2 fully saturated rings. The Morgan fingerprint density at radius 1 is 1.18 bits per heavy atom. The SMILES string of the molecule is CCOC(=O)N1CCN(C(=O)c2cncc(C(=O)NCC3CCCO3)c2)CC1. The number of aromatic nitrogens is 1. The van der Waals surface area contributed by atoms with Crippen molar-refractivity contribution in [2.24, 2.45) is 0 Å². The largest absolute Gasteiger partial charge is 0.450 e. The van der Waals surface area contributed by atoms with Crippen LogP contribution < -0.4 is 5.32 Å². The Morgan fingerprint density at radius 2 is 1.89 bits per heavy atom. The zero-order chi connectivity index (χ0) is 19.9. The van der Waals surface area contributed by atoms with Crippen molar-refractivity contribution in [2.45, 2.75) is 25.9 Å². The number of nitrogens with zero attached hydrogens (tertiary/aromatic N) is 3. The highest BCUT2D eigenvalue weighted by atomic mass is 16.6. The normalized spacial score (nSPS) is 19.4. The highest BCUT2D eigenvalue weighted by molar-refractivity contribution is 5.99. The molecule has 1 unspecified atom stereocenters. The number of amides is 3. The third kappa shape index (κ3) is 4.98. The minimum Gasteiger partial charge on any atom is -0.450 e. The first-order valence-electron chi connectivity index (χ1n) is 9.64. The van der Waals surface area contributed by atoms with Gasteiger partial charge in [-0.25, -0.2) is 4.79 Å². The molecule has 0 bridgehead atoms. The van der Waals surface area contributed by atoms with E-state index in [0.717, 1.165) is 19.4 Å². The quantitative estimate of drug-likeness (QED) is 0.802. The molecule has 3 amide bonds. The van der Waals surface area contributed by atoms with Gasteiger partial charge in [0.2, 0.25) is 0 Å². The predicted octanol–water partition coefficient (Wildman–Crippen LogP) is 0.905. The average molecular weight is 390 g/mol. The summed E-state index contributed by atoms with van der Waals surface area (Å²) in [4.78, 5) is 44.1. The van der Waals surface area contributed by atoms with Crippen molar-refractivity contribution in [3.05, 3.63) is 29.6 Å². The molecule has 0 radical (unpaired) electrons. The maximum Gasteiger partial charge on any atom is 0.409 e. The molecular weight excluding hydrogens is 364 g/mol. The molecule has 2 aliphatic heterocycles. The van der Waals surface area contributed by atoms with E-state index in [1.807, 2.05) is 0 Å². The number of carbonyl (C=O) groups excluding carboxylic acids is 3. The van der Waals surface area contributed by atoms with Crippen molar-refractivity contribution < 1.29 is 23.9 Å². The number of piperazine rings is 1. The number of carbonyl (C=O) groups is 3. The predicted molar refractivity (Wildman–Crippen MR) is 100 cm³/mol. The molecule has 3 rings (SSSR count).